The first-order valence-corrected chi connectivity index (χ1v) is 6.16. The van der Waals surface area contributed by atoms with E-state index in [9.17, 15) is 0 Å². The molecule has 1 aromatic carbocycles. The van der Waals surface area contributed by atoms with Gasteiger partial charge in [0.25, 0.3) is 0 Å². The van der Waals surface area contributed by atoms with Gasteiger partial charge >= 0.3 is 0 Å². The average Bonchev–Trinajstić information content (AvgIpc) is 2.18. The summed E-state index contributed by atoms with van der Waals surface area (Å²) in [6.07, 6.45) is 1.12. The molecule has 0 saturated carbocycles. The van der Waals surface area contributed by atoms with Crippen LogP contribution in [0, 0.1) is 6.92 Å². The predicted molar refractivity (Wildman–Crippen MR) is 69.2 cm³/mol. The fourth-order valence-corrected chi connectivity index (χ4v) is 2.19. The van der Waals surface area contributed by atoms with E-state index in [1.165, 1.54) is 11.1 Å². The molecule has 1 aromatic rings. The van der Waals surface area contributed by atoms with E-state index in [0.29, 0.717) is 5.92 Å². The van der Waals surface area contributed by atoms with Crippen molar-refractivity contribution in [1.29, 1.82) is 0 Å². The topological polar surface area (TPSA) is 9.23 Å². The number of benzene rings is 1. The van der Waals surface area contributed by atoms with Crippen LogP contribution in [0.3, 0.4) is 0 Å². The van der Waals surface area contributed by atoms with Crippen LogP contribution in [0.1, 0.15) is 37.3 Å². The van der Waals surface area contributed by atoms with Gasteiger partial charge in [-0.15, -0.1) is 0 Å². The van der Waals surface area contributed by atoms with Crippen molar-refractivity contribution in [3.8, 4) is 5.75 Å². The zero-order valence-corrected chi connectivity index (χ0v) is 10.7. The van der Waals surface area contributed by atoms with E-state index in [2.05, 4.69) is 44.7 Å². The molecule has 0 spiro atoms. The molecule has 1 nitrogen and oxygen atoms in total. The van der Waals surface area contributed by atoms with Crippen LogP contribution < -0.4 is 4.74 Å². The van der Waals surface area contributed by atoms with Crippen LogP contribution in [-0.2, 0) is 0 Å². The molecule has 0 heterocycles. The Bertz CT molecular complexity index is 309. The third-order valence-electron chi connectivity index (χ3n) is 2.65. The van der Waals surface area contributed by atoms with Gasteiger partial charge in [-0.2, -0.15) is 12.6 Å². The zero-order chi connectivity index (χ0) is 11.3. The quantitative estimate of drug-likeness (QED) is 0.748. The highest BCUT2D eigenvalue weighted by atomic mass is 32.1. The van der Waals surface area contributed by atoms with Gasteiger partial charge in [0, 0.05) is 0 Å². The maximum Gasteiger partial charge on any atom is 0.119 e. The number of aryl methyl sites for hydroxylation is 1. The summed E-state index contributed by atoms with van der Waals surface area (Å²) in [7, 11) is 0. The molecular weight excluding hydrogens is 204 g/mol. The summed E-state index contributed by atoms with van der Waals surface area (Å²) in [5.74, 6) is 2.49. The normalized spacial score (nSPS) is 12.5. The minimum absolute atomic E-state index is 0.582. The minimum atomic E-state index is 0.582. The van der Waals surface area contributed by atoms with E-state index in [1.807, 2.05) is 6.92 Å². The summed E-state index contributed by atoms with van der Waals surface area (Å²) in [5, 5.41) is 0. The second-order valence-electron chi connectivity index (χ2n) is 3.86. The van der Waals surface area contributed by atoms with Gasteiger partial charge in [0.15, 0.2) is 0 Å². The molecule has 84 valence electrons. The second-order valence-corrected chi connectivity index (χ2v) is 4.31. The molecule has 2 heteroatoms. The fraction of sp³-hybridized carbons (Fsp3) is 0.538. The molecule has 15 heavy (non-hydrogen) atoms. The predicted octanol–water partition coefficient (Wildman–Crippen LogP) is 3.82. The summed E-state index contributed by atoms with van der Waals surface area (Å²) in [5.41, 5.74) is 2.72. The van der Waals surface area contributed by atoms with E-state index < -0.39 is 0 Å². The Kier molecular flexibility index (Phi) is 5.03. The van der Waals surface area contributed by atoms with Crippen LogP contribution in [0.4, 0.5) is 0 Å². The molecule has 0 N–H and O–H groups in total. The van der Waals surface area contributed by atoms with Crippen molar-refractivity contribution in [3.63, 3.8) is 0 Å². The van der Waals surface area contributed by atoms with Gasteiger partial charge < -0.3 is 4.74 Å². The Labute approximate surface area is 98.3 Å². The standard InChI is InChI=1S/C13H20OS/c1-4-14-12-5-6-13(11(3)9-12)10(2)7-8-15/h5-6,9-10,15H,4,7-8H2,1-3H3. The van der Waals surface area contributed by atoms with Crippen molar-refractivity contribution in [3.05, 3.63) is 29.3 Å². The van der Waals surface area contributed by atoms with Crippen LogP contribution in [0.15, 0.2) is 18.2 Å². The fourth-order valence-electron chi connectivity index (χ4n) is 1.81. The maximum atomic E-state index is 5.47. The summed E-state index contributed by atoms with van der Waals surface area (Å²) in [4.78, 5) is 0. The van der Waals surface area contributed by atoms with E-state index in [4.69, 9.17) is 4.74 Å². The summed E-state index contributed by atoms with van der Waals surface area (Å²) in [6, 6.07) is 6.35. The van der Waals surface area contributed by atoms with Crippen molar-refractivity contribution >= 4 is 12.6 Å². The van der Waals surface area contributed by atoms with Crippen molar-refractivity contribution < 1.29 is 4.74 Å². The minimum Gasteiger partial charge on any atom is -0.494 e. The summed E-state index contributed by atoms with van der Waals surface area (Å²) < 4.78 is 5.47. The molecule has 1 rings (SSSR count). The molecule has 0 bridgehead atoms. The molecule has 0 aliphatic heterocycles. The van der Waals surface area contributed by atoms with Gasteiger partial charge in [0.2, 0.25) is 0 Å². The zero-order valence-electron chi connectivity index (χ0n) is 9.79. The van der Waals surface area contributed by atoms with Gasteiger partial charge in [-0.05, 0) is 55.2 Å². The molecule has 0 fully saturated rings. The third kappa shape index (κ3) is 3.45. The number of ether oxygens (including phenoxy) is 1. The first-order valence-electron chi connectivity index (χ1n) is 5.53. The Morgan fingerprint density at radius 2 is 2.13 bits per heavy atom. The van der Waals surface area contributed by atoms with E-state index in [-0.39, 0.29) is 0 Å². The lowest BCUT2D eigenvalue weighted by Gasteiger charge is -2.14. The lowest BCUT2D eigenvalue weighted by Crippen LogP contribution is -1.99. The SMILES string of the molecule is CCOc1ccc(C(C)CCS)c(C)c1. The largest absolute Gasteiger partial charge is 0.494 e. The molecule has 1 atom stereocenters. The first kappa shape index (κ1) is 12.4. The van der Waals surface area contributed by atoms with E-state index >= 15 is 0 Å². The lowest BCUT2D eigenvalue weighted by molar-refractivity contribution is 0.340. The van der Waals surface area contributed by atoms with Crippen molar-refractivity contribution in [2.24, 2.45) is 0 Å². The molecule has 1 unspecified atom stereocenters. The van der Waals surface area contributed by atoms with Crippen molar-refractivity contribution in [1.82, 2.24) is 0 Å². The first-order chi connectivity index (χ1) is 7.19. The van der Waals surface area contributed by atoms with Gasteiger partial charge in [-0.1, -0.05) is 13.0 Å². The number of hydrogen-bond donors (Lipinski definition) is 1. The molecular formula is C13H20OS. The van der Waals surface area contributed by atoms with E-state index in [1.54, 1.807) is 0 Å². The number of hydrogen-bond acceptors (Lipinski definition) is 2. The maximum absolute atomic E-state index is 5.47. The van der Waals surface area contributed by atoms with Gasteiger partial charge in [0.1, 0.15) is 5.75 Å². The van der Waals surface area contributed by atoms with Crippen LogP contribution >= 0.6 is 12.6 Å². The smallest absolute Gasteiger partial charge is 0.119 e. The Balaban J connectivity index is 2.82. The highest BCUT2D eigenvalue weighted by Crippen LogP contribution is 2.26. The number of rotatable bonds is 5. The van der Waals surface area contributed by atoms with Crippen LogP contribution in [-0.4, -0.2) is 12.4 Å². The van der Waals surface area contributed by atoms with Crippen molar-refractivity contribution in [2.45, 2.75) is 33.1 Å². The van der Waals surface area contributed by atoms with Gasteiger partial charge in [-0.25, -0.2) is 0 Å². The molecule has 0 saturated heterocycles. The van der Waals surface area contributed by atoms with Crippen LogP contribution in [0.2, 0.25) is 0 Å². The lowest BCUT2D eigenvalue weighted by atomic mass is 9.94. The Morgan fingerprint density at radius 1 is 1.40 bits per heavy atom. The summed E-state index contributed by atoms with van der Waals surface area (Å²) in [6.45, 7) is 7.13. The van der Waals surface area contributed by atoms with Crippen LogP contribution in [0.5, 0.6) is 5.75 Å². The van der Waals surface area contributed by atoms with Gasteiger partial charge in [0.05, 0.1) is 6.61 Å². The second kappa shape index (κ2) is 6.06. The van der Waals surface area contributed by atoms with Crippen LogP contribution in [0.25, 0.3) is 0 Å². The number of thiol groups is 1. The Hall–Kier alpha value is -0.630. The molecule has 0 amide bonds. The third-order valence-corrected chi connectivity index (χ3v) is 2.90. The summed E-state index contributed by atoms with van der Waals surface area (Å²) >= 11 is 4.27. The highest BCUT2D eigenvalue weighted by Gasteiger charge is 2.08. The Morgan fingerprint density at radius 3 is 2.67 bits per heavy atom. The van der Waals surface area contributed by atoms with E-state index in [0.717, 1.165) is 24.5 Å². The monoisotopic (exact) mass is 224 g/mol. The molecule has 0 aliphatic carbocycles. The average molecular weight is 224 g/mol. The molecule has 0 aromatic heterocycles. The highest BCUT2D eigenvalue weighted by molar-refractivity contribution is 7.80. The van der Waals surface area contributed by atoms with Crippen molar-refractivity contribution in [2.75, 3.05) is 12.4 Å². The molecule has 0 radical (unpaired) electrons. The molecule has 0 aliphatic rings. The van der Waals surface area contributed by atoms with Gasteiger partial charge in [-0.3, -0.25) is 0 Å².